The fraction of sp³-hybridized carbons (Fsp3) is 0.474. The van der Waals surface area contributed by atoms with Crippen molar-refractivity contribution >= 4 is 11.9 Å². The van der Waals surface area contributed by atoms with E-state index < -0.39 is 0 Å². The zero-order valence-corrected chi connectivity index (χ0v) is 15.4. The summed E-state index contributed by atoms with van der Waals surface area (Å²) in [7, 11) is 1.66. The molecule has 2 aliphatic heterocycles. The molecule has 142 valence electrons. The van der Waals surface area contributed by atoms with Gasteiger partial charge in [0.15, 0.2) is 0 Å². The first-order valence-corrected chi connectivity index (χ1v) is 9.25. The highest BCUT2D eigenvalue weighted by atomic mass is 16.5. The Bertz CT molecular complexity index is 910. The second-order valence-corrected chi connectivity index (χ2v) is 7.07. The van der Waals surface area contributed by atoms with E-state index in [2.05, 4.69) is 15.2 Å². The minimum atomic E-state index is -0.219. The van der Waals surface area contributed by atoms with E-state index in [4.69, 9.17) is 9.72 Å². The second kappa shape index (κ2) is 7.48. The lowest BCUT2D eigenvalue weighted by atomic mass is 10.1. The number of hydrogen-bond acceptors (Lipinski definition) is 6. The van der Waals surface area contributed by atoms with Gasteiger partial charge < -0.3 is 19.5 Å². The number of carbonyl (C=O) groups excluding carboxylic acids is 1. The van der Waals surface area contributed by atoms with Crippen LogP contribution in [0.3, 0.4) is 0 Å². The van der Waals surface area contributed by atoms with E-state index in [9.17, 15) is 9.59 Å². The minimum Gasteiger partial charge on any atom is -0.376 e. The summed E-state index contributed by atoms with van der Waals surface area (Å²) >= 11 is 0. The third-order valence-electron chi connectivity index (χ3n) is 5.09. The molecule has 0 aliphatic carbocycles. The van der Waals surface area contributed by atoms with Crippen LogP contribution in [0.1, 0.15) is 34.5 Å². The van der Waals surface area contributed by atoms with Gasteiger partial charge in [-0.2, -0.15) is 0 Å². The van der Waals surface area contributed by atoms with Crippen LogP contribution in [0.25, 0.3) is 0 Å². The maximum Gasteiger partial charge on any atom is 0.251 e. The number of aromatic nitrogens is 3. The number of piperidine rings is 1. The van der Waals surface area contributed by atoms with Gasteiger partial charge in [-0.05, 0) is 18.9 Å². The normalized spacial score (nSPS) is 19.4. The Kier molecular flexibility index (Phi) is 4.89. The molecule has 0 spiro atoms. The van der Waals surface area contributed by atoms with Crippen LogP contribution >= 0.6 is 0 Å². The van der Waals surface area contributed by atoms with Crippen molar-refractivity contribution in [2.24, 2.45) is 7.05 Å². The second-order valence-electron chi connectivity index (χ2n) is 7.07. The van der Waals surface area contributed by atoms with Gasteiger partial charge in [0, 0.05) is 62.2 Å². The number of amides is 1. The summed E-state index contributed by atoms with van der Waals surface area (Å²) in [6.07, 6.45) is 6.10. The minimum absolute atomic E-state index is 0.00160. The smallest absolute Gasteiger partial charge is 0.251 e. The number of anilines is 1. The van der Waals surface area contributed by atoms with Gasteiger partial charge >= 0.3 is 0 Å². The van der Waals surface area contributed by atoms with E-state index in [0.29, 0.717) is 31.3 Å². The van der Waals surface area contributed by atoms with Gasteiger partial charge in [-0.1, -0.05) is 0 Å². The van der Waals surface area contributed by atoms with Crippen LogP contribution in [0.4, 0.5) is 5.95 Å². The van der Waals surface area contributed by atoms with E-state index >= 15 is 0 Å². The van der Waals surface area contributed by atoms with Crippen molar-refractivity contribution in [1.29, 1.82) is 0 Å². The summed E-state index contributed by atoms with van der Waals surface area (Å²) in [5.74, 6) is 0.492. The van der Waals surface area contributed by atoms with Crippen molar-refractivity contribution in [2.75, 3.05) is 24.6 Å². The van der Waals surface area contributed by atoms with Crippen LogP contribution in [-0.2, 0) is 24.8 Å². The topological polar surface area (TPSA) is 89.3 Å². The van der Waals surface area contributed by atoms with Crippen LogP contribution in [0, 0.1) is 0 Å². The van der Waals surface area contributed by atoms with Crippen LogP contribution in [-0.4, -0.2) is 46.2 Å². The van der Waals surface area contributed by atoms with Gasteiger partial charge in [0.05, 0.1) is 18.9 Å². The van der Waals surface area contributed by atoms with E-state index in [1.807, 2.05) is 6.20 Å². The molecule has 0 saturated carbocycles. The molecule has 8 nitrogen and oxygen atoms in total. The Morgan fingerprint density at radius 3 is 3.15 bits per heavy atom. The van der Waals surface area contributed by atoms with Gasteiger partial charge in [0.25, 0.3) is 11.5 Å². The average Bonchev–Trinajstić information content (AvgIpc) is 2.70. The molecule has 0 bridgehead atoms. The maximum absolute atomic E-state index is 12.5. The lowest BCUT2D eigenvalue weighted by Crippen LogP contribution is -2.48. The van der Waals surface area contributed by atoms with Gasteiger partial charge in [-0.3, -0.25) is 9.59 Å². The van der Waals surface area contributed by atoms with Gasteiger partial charge in [0.2, 0.25) is 5.95 Å². The van der Waals surface area contributed by atoms with Crippen LogP contribution in [0.15, 0.2) is 29.3 Å². The molecule has 2 aromatic rings. The van der Waals surface area contributed by atoms with Crippen LogP contribution in [0.2, 0.25) is 0 Å². The average molecular weight is 369 g/mol. The lowest BCUT2D eigenvalue weighted by molar-refractivity contribution is 0.0932. The number of nitrogens with zero attached hydrogens (tertiary/aromatic N) is 4. The van der Waals surface area contributed by atoms with Crippen molar-refractivity contribution in [3.8, 4) is 0 Å². The fourth-order valence-electron chi connectivity index (χ4n) is 3.51. The summed E-state index contributed by atoms with van der Waals surface area (Å²) in [4.78, 5) is 35.5. The zero-order chi connectivity index (χ0) is 18.8. The largest absolute Gasteiger partial charge is 0.376 e. The number of pyridine rings is 1. The summed E-state index contributed by atoms with van der Waals surface area (Å²) in [6.45, 7) is 2.79. The van der Waals surface area contributed by atoms with Crippen molar-refractivity contribution in [1.82, 2.24) is 19.9 Å². The third-order valence-corrected chi connectivity index (χ3v) is 5.09. The highest BCUT2D eigenvalue weighted by molar-refractivity contribution is 5.94. The summed E-state index contributed by atoms with van der Waals surface area (Å²) in [5.41, 5.74) is 2.30. The highest BCUT2D eigenvalue weighted by Gasteiger charge is 2.24. The molecule has 2 aliphatic rings. The van der Waals surface area contributed by atoms with Gasteiger partial charge in [0.1, 0.15) is 0 Å². The Labute approximate surface area is 157 Å². The molecule has 2 aromatic heterocycles. The maximum atomic E-state index is 12.5. The third kappa shape index (κ3) is 3.85. The molecule has 4 heterocycles. The quantitative estimate of drug-likeness (QED) is 0.854. The van der Waals surface area contributed by atoms with Crippen molar-refractivity contribution in [2.45, 2.75) is 31.9 Å². The number of hydrogen-bond donors (Lipinski definition) is 1. The molecular weight excluding hydrogens is 346 g/mol. The fourth-order valence-corrected chi connectivity index (χ4v) is 3.51. The molecule has 27 heavy (non-hydrogen) atoms. The number of aryl methyl sites for hydroxylation is 1. The molecule has 0 aromatic carbocycles. The van der Waals surface area contributed by atoms with Crippen LogP contribution in [0.5, 0.6) is 0 Å². The zero-order valence-electron chi connectivity index (χ0n) is 15.4. The summed E-state index contributed by atoms with van der Waals surface area (Å²) < 4.78 is 6.88. The first kappa shape index (κ1) is 17.7. The molecule has 1 amide bonds. The molecule has 1 fully saturated rings. The summed E-state index contributed by atoms with van der Waals surface area (Å²) in [5, 5.41) is 3.04. The van der Waals surface area contributed by atoms with Crippen LogP contribution < -0.4 is 15.8 Å². The van der Waals surface area contributed by atoms with E-state index in [-0.39, 0.29) is 17.5 Å². The predicted octanol–water partition coefficient (Wildman–Crippen LogP) is 0.647. The Balaban J connectivity index is 1.44. The number of fused-ring (bicyclic) bond motifs is 1. The number of ether oxygens (including phenoxy) is 1. The molecular formula is C19H23N5O3. The first-order chi connectivity index (χ1) is 13.1. The Morgan fingerprint density at radius 2 is 2.30 bits per heavy atom. The predicted molar refractivity (Wildman–Crippen MR) is 99.8 cm³/mol. The summed E-state index contributed by atoms with van der Waals surface area (Å²) in [6, 6.07) is 3.02. The van der Waals surface area contributed by atoms with E-state index in [1.165, 1.54) is 10.6 Å². The molecule has 0 unspecified atom stereocenters. The Hall–Kier alpha value is -2.74. The Morgan fingerprint density at radius 1 is 1.41 bits per heavy atom. The first-order valence-electron chi connectivity index (χ1n) is 9.25. The van der Waals surface area contributed by atoms with E-state index in [1.54, 1.807) is 19.3 Å². The molecule has 1 saturated heterocycles. The van der Waals surface area contributed by atoms with E-state index in [0.717, 1.165) is 37.1 Å². The monoisotopic (exact) mass is 369 g/mol. The van der Waals surface area contributed by atoms with Crippen molar-refractivity contribution in [3.05, 3.63) is 51.7 Å². The van der Waals surface area contributed by atoms with Crippen molar-refractivity contribution < 1.29 is 9.53 Å². The SMILES string of the molecule is Cn1ccc(C(=O)N[C@H]2CCCN(c3ncc4c(n3)CCOC4)C2)cc1=O. The highest BCUT2D eigenvalue weighted by Crippen LogP contribution is 2.20. The standard InChI is InChI=1S/C19H23N5O3/c1-23-7-4-13(9-17(23)25)18(26)21-15-3-2-6-24(11-15)19-20-10-14-12-27-8-5-16(14)22-19/h4,7,9-10,15H,2-3,5-6,8,11-12H2,1H3,(H,21,26)/t15-/m0/s1. The number of nitrogens with one attached hydrogen (secondary N) is 1. The molecule has 0 radical (unpaired) electrons. The van der Waals surface area contributed by atoms with Gasteiger partial charge in [-0.25, -0.2) is 9.97 Å². The van der Waals surface area contributed by atoms with Crippen molar-refractivity contribution in [3.63, 3.8) is 0 Å². The molecule has 1 N–H and O–H groups in total. The van der Waals surface area contributed by atoms with Gasteiger partial charge in [-0.15, -0.1) is 0 Å². The molecule has 4 rings (SSSR count). The number of carbonyl (C=O) groups is 1. The lowest BCUT2D eigenvalue weighted by Gasteiger charge is -2.33. The molecule has 1 atom stereocenters. The number of rotatable bonds is 3. The molecule has 8 heteroatoms.